The summed E-state index contributed by atoms with van der Waals surface area (Å²) in [5, 5.41) is 9.51. The quantitative estimate of drug-likeness (QED) is 0.847. The molecule has 0 unspecified atom stereocenters. The van der Waals surface area contributed by atoms with E-state index in [0.29, 0.717) is 22.1 Å². The van der Waals surface area contributed by atoms with Crippen LogP contribution >= 0.6 is 27.5 Å². The Bertz CT molecular complexity index is 673. The van der Waals surface area contributed by atoms with Gasteiger partial charge >= 0.3 is 5.97 Å². The molecule has 0 aromatic heterocycles. The van der Waals surface area contributed by atoms with Crippen LogP contribution in [0.25, 0.3) is 0 Å². The Labute approximate surface area is 135 Å². The number of ether oxygens (including phenoxy) is 2. The Morgan fingerprint density at radius 2 is 2.00 bits per heavy atom. The number of carboxylic acids is 1. The zero-order chi connectivity index (χ0) is 15.4. The maximum Gasteiger partial charge on any atom is 0.335 e. The SMILES string of the molecule is COc1ccc(C(=O)O)cc1COc1cc(Br)ccc1Cl. The fourth-order valence-electron chi connectivity index (χ4n) is 1.77. The first-order chi connectivity index (χ1) is 10.0. The summed E-state index contributed by atoms with van der Waals surface area (Å²) in [5.74, 6) is 0.0688. The minimum atomic E-state index is -1.00. The topological polar surface area (TPSA) is 55.8 Å². The van der Waals surface area contributed by atoms with Crippen LogP contribution in [0.4, 0.5) is 0 Å². The second kappa shape index (κ2) is 6.83. The molecule has 2 rings (SSSR count). The minimum Gasteiger partial charge on any atom is -0.496 e. The lowest BCUT2D eigenvalue weighted by molar-refractivity contribution is 0.0696. The van der Waals surface area contributed by atoms with Gasteiger partial charge in [-0.1, -0.05) is 27.5 Å². The molecule has 1 N–H and O–H groups in total. The maximum atomic E-state index is 11.0. The van der Waals surface area contributed by atoms with E-state index in [1.165, 1.54) is 19.2 Å². The Morgan fingerprint density at radius 3 is 2.67 bits per heavy atom. The van der Waals surface area contributed by atoms with Gasteiger partial charge in [-0.25, -0.2) is 4.79 Å². The molecule has 110 valence electrons. The number of hydrogen-bond donors (Lipinski definition) is 1. The lowest BCUT2D eigenvalue weighted by Crippen LogP contribution is -2.03. The van der Waals surface area contributed by atoms with Gasteiger partial charge in [0, 0.05) is 10.0 Å². The van der Waals surface area contributed by atoms with Crippen LogP contribution in [0.1, 0.15) is 15.9 Å². The van der Waals surface area contributed by atoms with Gasteiger partial charge in [-0.05, 0) is 36.4 Å². The van der Waals surface area contributed by atoms with Crippen molar-refractivity contribution in [1.82, 2.24) is 0 Å². The Balaban J connectivity index is 2.24. The summed E-state index contributed by atoms with van der Waals surface area (Å²) in [6, 6.07) is 9.87. The van der Waals surface area contributed by atoms with Crippen molar-refractivity contribution < 1.29 is 19.4 Å². The normalized spacial score (nSPS) is 10.2. The number of carbonyl (C=O) groups is 1. The Morgan fingerprint density at radius 1 is 1.24 bits per heavy atom. The van der Waals surface area contributed by atoms with Crippen molar-refractivity contribution in [1.29, 1.82) is 0 Å². The first kappa shape index (κ1) is 15.7. The Kier molecular flexibility index (Phi) is 5.09. The number of halogens is 2. The van der Waals surface area contributed by atoms with Gasteiger partial charge in [0.1, 0.15) is 18.1 Å². The summed E-state index contributed by atoms with van der Waals surface area (Å²) in [5.41, 5.74) is 0.809. The molecule has 0 saturated heterocycles. The van der Waals surface area contributed by atoms with E-state index in [1.807, 2.05) is 0 Å². The molecule has 0 saturated carbocycles. The predicted molar refractivity (Wildman–Crippen MR) is 83.4 cm³/mol. The molecule has 0 aliphatic rings. The molecule has 0 aliphatic heterocycles. The van der Waals surface area contributed by atoms with E-state index in [4.69, 9.17) is 26.2 Å². The smallest absolute Gasteiger partial charge is 0.335 e. The van der Waals surface area contributed by atoms with E-state index >= 15 is 0 Å². The number of carboxylic acid groups (broad SMARTS) is 1. The van der Waals surface area contributed by atoms with E-state index in [0.717, 1.165) is 4.47 Å². The standard InChI is InChI=1S/C15H12BrClO4/c1-20-13-5-2-9(15(18)19)6-10(13)8-21-14-7-11(16)3-4-12(14)17/h2-7H,8H2,1H3,(H,18,19). The molecule has 21 heavy (non-hydrogen) atoms. The average Bonchev–Trinajstić information content (AvgIpc) is 2.47. The van der Waals surface area contributed by atoms with Gasteiger partial charge in [-0.2, -0.15) is 0 Å². The molecule has 6 heteroatoms. The lowest BCUT2D eigenvalue weighted by atomic mass is 10.1. The van der Waals surface area contributed by atoms with Gasteiger partial charge in [-0.15, -0.1) is 0 Å². The summed E-state index contributed by atoms with van der Waals surface area (Å²) < 4.78 is 11.7. The summed E-state index contributed by atoms with van der Waals surface area (Å²) >= 11 is 9.39. The lowest BCUT2D eigenvalue weighted by Gasteiger charge is -2.12. The highest BCUT2D eigenvalue weighted by molar-refractivity contribution is 9.10. The van der Waals surface area contributed by atoms with Crippen LogP contribution in [0, 0.1) is 0 Å². The van der Waals surface area contributed by atoms with Gasteiger partial charge in [0.2, 0.25) is 0 Å². The molecular formula is C15H12BrClO4. The minimum absolute atomic E-state index is 0.153. The molecule has 0 spiro atoms. The van der Waals surface area contributed by atoms with Gasteiger partial charge < -0.3 is 14.6 Å². The molecule has 0 amide bonds. The fourth-order valence-corrected chi connectivity index (χ4v) is 2.28. The van der Waals surface area contributed by atoms with E-state index in [-0.39, 0.29) is 12.2 Å². The first-order valence-corrected chi connectivity index (χ1v) is 7.16. The maximum absolute atomic E-state index is 11.0. The molecule has 2 aromatic rings. The molecule has 0 atom stereocenters. The van der Waals surface area contributed by atoms with Crippen molar-refractivity contribution in [2.45, 2.75) is 6.61 Å². The Hall–Kier alpha value is -1.72. The van der Waals surface area contributed by atoms with Gasteiger partial charge in [0.15, 0.2) is 0 Å². The molecule has 0 fully saturated rings. The number of benzene rings is 2. The first-order valence-electron chi connectivity index (χ1n) is 5.99. The summed E-state index contributed by atoms with van der Waals surface area (Å²) in [7, 11) is 1.52. The van der Waals surface area contributed by atoms with Gasteiger partial charge in [0.25, 0.3) is 0 Å². The number of aromatic carboxylic acids is 1. The van der Waals surface area contributed by atoms with Crippen LogP contribution in [-0.2, 0) is 6.61 Å². The summed E-state index contributed by atoms with van der Waals surface area (Å²) in [6.45, 7) is 0.153. The third-order valence-electron chi connectivity index (χ3n) is 2.80. The summed E-state index contributed by atoms with van der Waals surface area (Å²) in [4.78, 5) is 11.0. The van der Waals surface area contributed by atoms with Crippen molar-refractivity contribution in [2.75, 3.05) is 7.11 Å². The highest BCUT2D eigenvalue weighted by Crippen LogP contribution is 2.30. The largest absolute Gasteiger partial charge is 0.496 e. The van der Waals surface area contributed by atoms with Crippen molar-refractivity contribution in [3.05, 3.63) is 57.0 Å². The molecule has 0 aliphatic carbocycles. The fraction of sp³-hybridized carbons (Fsp3) is 0.133. The third-order valence-corrected chi connectivity index (χ3v) is 3.61. The highest BCUT2D eigenvalue weighted by Gasteiger charge is 2.11. The zero-order valence-electron chi connectivity index (χ0n) is 11.1. The number of hydrogen-bond acceptors (Lipinski definition) is 3. The van der Waals surface area contributed by atoms with Crippen LogP contribution in [0.3, 0.4) is 0 Å². The van der Waals surface area contributed by atoms with Gasteiger partial charge in [-0.3, -0.25) is 0 Å². The van der Waals surface area contributed by atoms with E-state index in [1.54, 1.807) is 24.3 Å². The van der Waals surface area contributed by atoms with E-state index in [9.17, 15) is 4.79 Å². The molecule has 4 nitrogen and oxygen atoms in total. The zero-order valence-corrected chi connectivity index (χ0v) is 13.4. The van der Waals surface area contributed by atoms with Crippen molar-refractivity contribution in [2.24, 2.45) is 0 Å². The predicted octanol–water partition coefficient (Wildman–Crippen LogP) is 4.39. The van der Waals surface area contributed by atoms with Gasteiger partial charge in [0.05, 0.1) is 17.7 Å². The molecule has 0 radical (unpaired) electrons. The van der Waals surface area contributed by atoms with Crippen molar-refractivity contribution in [3.63, 3.8) is 0 Å². The van der Waals surface area contributed by atoms with E-state index < -0.39 is 5.97 Å². The second-order valence-corrected chi connectivity index (χ2v) is 5.52. The monoisotopic (exact) mass is 370 g/mol. The molecular weight excluding hydrogens is 360 g/mol. The summed E-state index contributed by atoms with van der Waals surface area (Å²) in [6.07, 6.45) is 0. The molecule has 2 aromatic carbocycles. The van der Waals surface area contributed by atoms with Crippen molar-refractivity contribution in [3.8, 4) is 11.5 Å². The molecule has 0 bridgehead atoms. The third kappa shape index (κ3) is 3.89. The average molecular weight is 372 g/mol. The number of rotatable bonds is 5. The second-order valence-electron chi connectivity index (χ2n) is 4.20. The van der Waals surface area contributed by atoms with Crippen LogP contribution in [0.15, 0.2) is 40.9 Å². The van der Waals surface area contributed by atoms with Crippen LogP contribution in [0.5, 0.6) is 11.5 Å². The van der Waals surface area contributed by atoms with Crippen LogP contribution < -0.4 is 9.47 Å². The van der Waals surface area contributed by atoms with Crippen LogP contribution in [0.2, 0.25) is 5.02 Å². The van der Waals surface area contributed by atoms with Crippen molar-refractivity contribution >= 4 is 33.5 Å². The van der Waals surface area contributed by atoms with E-state index in [2.05, 4.69) is 15.9 Å². The number of methoxy groups -OCH3 is 1. The highest BCUT2D eigenvalue weighted by atomic mass is 79.9. The molecule has 0 heterocycles. The van der Waals surface area contributed by atoms with Crippen LogP contribution in [-0.4, -0.2) is 18.2 Å².